The Morgan fingerprint density at radius 2 is 2.12 bits per heavy atom. The van der Waals surface area contributed by atoms with Crippen LogP contribution in [0, 0.1) is 0 Å². The van der Waals surface area contributed by atoms with Crippen LogP contribution in [0.1, 0.15) is 35.8 Å². The molecule has 0 bridgehead atoms. The quantitative estimate of drug-likeness (QED) is 0.841. The Hall–Kier alpha value is -1.62. The van der Waals surface area contributed by atoms with Crippen molar-refractivity contribution in [3.05, 3.63) is 33.7 Å². The number of nitrogens with zero attached hydrogens (tertiary/aromatic N) is 1. The Balaban J connectivity index is 3.31. The summed E-state index contributed by atoms with van der Waals surface area (Å²) in [6.07, 6.45) is 0. The van der Waals surface area contributed by atoms with E-state index in [0.29, 0.717) is 13.2 Å². The van der Waals surface area contributed by atoms with Gasteiger partial charge in [-0.15, -0.1) is 0 Å². The third-order valence-corrected chi connectivity index (χ3v) is 2.55. The second kappa shape index (κ2) is 5.63. The van der Waals surface area contributed by atoms with Crippen molar-refractivity contribution in [2.24, 2.45) is 0 Å². The fourth-order valence-corrected chi connectivity index (χ4v) is 1.67. The van der Waals surface area contributed by atoms with Crippen molar-refractivity contribution in [2.75, 3.05) is 13.7 Å². The van der Waals surface area contributed by atoms with E-state index in [1.807, 2.05) is 13.8 Å². The van der Waals surface area contributed by atoms with Crippen LogP contribution in [0.15, 0.2) is 16.9 Å². The van der Waals surface area contributed by atoms with E-state index in [2.05, 4.69) is 0 Å². The zero-order valence-corrected chi connectivity index (χ0v) is 10.3. The largest absolute Gasteiger partial charge is 0.477 e. The topological polar surface area (TPSA) is 68.5 Å². The van der Waals surface area contributed by atoms with Crippen LogP contribution in [-0.2, 0) is 11.3 Å². The molecule has 5 nitrogen and oxygen atoms in total. The van der Waals surface area contributed by atoms with E-state index in [-0.39, 0.29) is 11.5 Å². The second-order valence-corrected chi connectivity index (χ2v) is 4.08. The number of hydrogen-bond donors (Lipinski definition) is 1. The van der Waals surface area contributed by atoms with Gasteiger partial charge in [-0.1, -0.05) is 13.8 Å². The highest BCUT2D eigenvalue weighted by molar-refractivity contribution is 5.87. The Labute approximate surface area is 99.6 Å². The van der Waals surface area contributed by atoms with Crippen LogP contribution in [-0.4, -0.2) is 29.4 Å². The number of pyridine rings is 1. The standard InChI is InChI=1S/C12H17NO4/c1-8(2)10-5-4-9(12(15)16)11(14)13(10)6-7-17-3/h4-5,8H,6-7H2,1-3H3,(H,15,16). The van der Waals surface area contributed by atoms with Crippen LogP contribution in [0.25, 0.3) is 0 Å². The molecule has 0 saturated heterocycles. The van der Waals surface area contributed by atoms with Gasteiger partial charge in [0.15, 0.2) is 0 Å². The molecule has 0 atom stereocenters. The molecule has 0 aromatic carbocycles. The van der Waals surface area contributed by atoms with Gasteiger partial charge in [-0.05, 0) is 18.1 Å². The van der Waals surface area contributed by atoms with Gasteiger partial charge >= 0.3 is 5.97 Å². The minimum Gasteiger partial charge on any atom is -0.477 e. The smallest absolute Gasteiger partial charge is 0.341 e. The van der Waals surface area contributed by atoms with Crippen molar-refractivity contribution in [2.45, 2.75) is 26.3 Å². The van der Waals surface area contributed by atoms with Crippen LogP contribution >= 0.6 is 0 Å². The van der Waals surface area contributed by atoms with Crippen molar-refractivity contribution in [3.8, 4) is 0 Å². The number of aromatic carboxylic acids is 1. The maximum Gasteiger partial charge on any atom is 0.341 e. The lowest BCUT2D eigenvalue weighted by atomic mass is 10.1. The summed E-state index contributed by atoms with van der Waals surface area (Å²) in [5.41, 5.74) is 0.142. The lowest BCUT2D eigenvalue weighted by Gasteiger charge is -2.15. The highest BCUT2D eigenvalue weighted by Crippen LogP contribution is 2.13. The number of carboxylic acid groups (broad SMARTS) is 1. The highest BCUT2D eigenvalue weighted by atomic mass is 16.5. The van der Waals surface area contributed by atoms with Crippen molar-refractivity contribution in [1.29, 1.82) is 0 Å². The predicted molar refractivity (Wildman–Crippen MR) is 63.6 cm³/mol. The molecule has 1 heterocycles. The summed E-state index contributed by atoms with van der Waals surface area (Å²) in [5.74, 6) is -1.04. The van der Waals surface area contributed by atoms with Crippen LogP contribution in [0.4, 0.5) is 0 Å². The number of methoxy groups -OCH3 is 1. The van der Waals surface area contributed by atoms with E-state index in [9.17, 15) is 9.59 Å². The molecule has 1 N–H and O–H groups in total. The Morgan fingerprint density at radius 3 is 2.59 bits per heavy atom. The molecular weight excluding hydrogens is 222 g/mol. The van der Waals surface area contributed by atoms with E-state index in [1.165, 1.54) is 10.6 Å². The third-order valence-electron chi connectivity index (χ3n) is 2.55. The molecule has 5 heteroatoms. The molecule has 0 aliphatic heterocycles. The third kappa shape index (κ3) is 2.94. The number of rotatable bonds is 5. The van der Waals surface area contributed by atoms with Crippen molar-refractivity contribution >= 4 is 5.97 Å². The van der Waals surface area contributed by atoms with Gasteiger partial charge in [0.25, 0.3) is 5.56 Å². The lowest BCUT2D eigenvalue weighted by molar-refractivity contribution is 0.0693. The van der Waals surface area contributed by atoms with Crippen LogP contribution in [0.5, 0.6) is 0 Å². The monoisotopic (exact) mass is 239 g/mol. The van der Waals surface area contributed by atoms with E-state index in [0.717, 1.165) is 5.69 Å². The first-order chi connectivity index (χ1) is 7.99. The Morgan fingerprint density at radius 1 is 1.47 bits per heavy atom. The molecule has 0 fully saturated rings. The summed E-state index contributed by atoms with van der Waals surface area (Å²) >= 11 is 0. The highest BCUT2D eigenvalue weighted by Gasteiger charge is 2.15. The minimum atomic E-state index is -1.20. The summed E-state index contributed by atoms with van der Waals surface area (Å²) in [7, 11) is 1.54. The van der Waals surface area contributed by atoms with Crippen molar-refractivity contribution in [1.82, 2.24) is 4.57 Å². The van der Waals surface area contributed by atoms with Gasteiger partial charge < -0.3 is 14.4 Å². The van der Waals surface area contributed by atoms with Gasteiger partial charge in [-0.25, -0.2) is 4.79 Å². The van der Waals surface area contributed by atoms with Gasteiger partial charge in [0.1, 0.15) is 5.56 Å². The summed E-state index contributed by atoms with van der Waals surface area (Å²) < 4.78 is 6.40. The summed E-state index contributed by atoms with van der Waals surface area (Å²) in [5, 5.41) is 8.90. The molecule has 0 saturated carbocycles. The van der Waals surface area contributed by atoms with Crippen molar-refractivity contribution < 1.29 is 14.6 Å². The first-order valence-corrected chi connectivity index (χ1v) is 5.45. The van der Waals surface area contributed by atoms with Gasteiger partial charge in [0.05, 0.1) is 6.61 Å². The second-order valence-electron chi connectivity index (χ2n) is 4.08. The van der Waals surface area contributed by atoms with Crippen LogP contribution in [0.3, 0.4) is 0 Å². The zero-order valence-electron chi connectivity index (χ0n) is 10.3. The van der Waals surface area contributed by atoms with Crippen LogP contribution in [0.2, 0.25) is 0 Å². The predicted octanol–water partition coefficient (Wildman–Crippen LogP) is 1.32. The fraction of sp³-hybridized carbons (Fsp3) is 0.500. The molecule has 0 spiro atoms. The van der Waals surface area contributed by atoms with Crippen LogP contribution < -0.4 is 5.56 Å². The van der Waals surface area contributed by atoms with Crippen molar-refractivity contribution in [3.63, 3.8) is 0 Å². The molecule has 94 valence electrons. The van der Waals surface area contributed by atoms with E-state index in [4.69, 9.17) is 9.84 Å². The average Bonchev–Trinajstić information content (AvgIpc) is 2.26. The van der Waals surface area contributed by atoms with E-state index in [1.54, 1.807) is 13.2 Å². The summed E-state index contributed by atoms with van der Waals surface area (Å²) in [6, 6.07) is 3.05. The molecule has 0 aliphatic carbocycles. The first kappa shape index (κ1) is 13.4. The molecular formula is C12H17NO4. The molecule has 0 radical (unpaired) electrons. The number of carbonyl (C=O) groups is 1. The molecule has 17 heavy (non-hydrogen) atoms. The van der Waals surface area contributed by atoms with Gasteiger partial charge in [-0.2, -0.15) is 0 Å². The summed E-state index contributed by atoms with van der Waals surface area (Å²) in [4.78, 5) is 22.9. The number of ether oxygens (including phenoxy) is 1. The molecule has 0 unspecified atom stereocenters. The molecule has 1 rings (SSSR count). The van der Waals surface area contributed by atoms with Gasteiger partial charge in [0, 0.05) is 19.3 Å². The molecule has 1 aromatic rings. The number of carboxylic acids is 1. The lowest BCUT2D eigenvalue weighted by Crippen LogP contribution is -2.30. The van der Waals surface area contributed by atoms with Gasteiger partial charge in [-0.3, -0.25) is 4.79 Å². The molecule has 0 amide bonds. The maximum atomic E-state index is 12.0. The maximum absolute atomic E-state index is 12.0. The SMILES string of the molecule is COCCn1c(C(C)C)ccc(C(=O)O)c1=O. The minimum absolute atomic E-state index is 0.155. The fourth-order valence-electron chi connectivity index (χ4n) is 1.67. The Kier molecular flexibility index (Phi) is 4.45. The normalized spacial score (nSPS) is 10.8. The zero-order chi connectivity index (χ0) is 13.0. The number of hydrogen-bond acceptors (Lipinski definition) is 3. The van der Waals surface area contributed by atoms with E-state index >= 15 is 0 Å². The summed E-state index contributed by atoms with van der Waals surface area (Å²) in [6.45, 7) is 4.66. The number of aromatic nitrogens is 1. The van der Waals surface area contributed by atoms with E-state index < -0.39 is 11.5 Å². The molecule has 1 aromatic heterocycles. The first-order valence-electron chi connectivity index (χ1n) is 5.45. The van der Waals surface area contributed by atoms with Gasteiger partial charge in [0.2, 0.25) is 0 Å². The average molecular weight is 239 g/mol. The molecule has 0 aliphatic rings. The Bertz CT molecular complexity index is 462.